The maximum Gasteiger partial charge on any atom is 0.262 e. The number of imide groups is 1. The molecule has 1 aromatic rings. The predicted octanol–water partition coefficient (Wildman–Crippen LogP) is 2.16. The molecule has 1 aliphatic heterocycles. The number of likely N-dealkylation sites (N-methyl/N-ethyl adjacent to an activating group) is 1. The fraction of sp³-hybridized carbons (Fsp3) is 0.550. The number of hydrogen-bond donors (Lipinski definition) is 1. The van der Waals surface area contributed by atoms with Crippen LogP contribution < -0.4 is 5.32 Å². The molecule has 6 heteroatoms. The van der Waals surface area contributed by atoms with Gasteiger partial charge in [0.2, 0.25) is 5.91 Å². The summed E-state index contributed by atoms with van der Waals surface area (Å²) in [5.74, 6) is -0.844. The minimum Gasteiger partial charge on any atom is -0.353 e. The number of carbonyl (C=O) groups excluding carboxylic acids is 3. The number of nitrogens with one attached hydrogen (secondary N) is 1. The highest BCUT2D eigenvalue weighted by atomic mass is 16.2. The molecule has 0 aliphatic carbocycles. The molecule has 1 heterocycles. The molecule has 1 N–H and O–H groups in total. The second-order valence-electron chi connectivity index (χ2n) is 6.99. The molecule has 142 valence electrons. The van der Waals surface area contributed by atoms with Crippen molar-refractivity contribution in [3.8, 4) is 0 Å². The van der Waals surface area contributed by atoms with E-state index in [0.717, 1.165) is 24.5 Å². The average Bonchev–Trinajstić information content (AvgIpc) is 2.88. The zero-order chi connectivity index (χ0) is 19.3. The van der Waals surface area contributed by atoms with E-state index in [1.807, 2.05) is 13.8 Å². The van der Waals surface area contributed by atoms with E-state index in [1.165, 1.54) is 0 Å². The average molecular weight is 359 g/mol. The molecule has 0 spiro atoms. The largest absolute Gasteiger partial charge is 0.353 e. The van der Waals surface area contributed by atoms with Crippen molar-refractivity contribution in [2.75, 3.05) is 26.2 Å². The molecule has 0 radical (unpaired) electrons. The van der Waals surface area contributed by atoms with Crippen LogP contribution in [0.25, 0.3) is 0 Å². The van der Waals surface area contributed by atoms with E-state index in [4.69, 9.17) is 0 Å². The molecule has 6 nitrogen and oxygen atoms in total. The van der Waals surface area contributed by atoms with Gasteiger partial charge < -0.3 is 10.2 Å². The van der Waals surface area contributed by atoms with Crippen LogP contribution in [0.2, 0.25) is 0 Å². The standard InChI is InChI=1S/C20H29N3O3/c1-5-22(6-2)12-11-21-18(24)17(13-14(3)4)23-19(25)15-9-7-8-10-16(15)20(23)26/h7-10,14,17H,5-6,11-13H2,1-4H3,(H,21,24). The van der Waals surface area contributed by atoms with Crippen LogP contribution in [-0.4, -0.2) is 59.7 Å². The Labute approximate surface area is 155 Å². The number of rotatable bonds is 9. The number of hydrogen-bond acceptors (Lipinski definition) is 4. The van der Waals surface area contributed by atoms with Gasteiger partial charge in [-0.25, -0.2) is 0 Å². The van der Waals surface area contributed by atoms with E-state index in [0.29, 0.717) is 24.1 Å². The first-order valence-electron chi connectivity index (χ1n) is 9.37. The van der Waals surface area contributed by atoms with E-state index in [9.17, 15) is 14.4 Å². The first-order valence-corrected chi connectivity index (χ1v) is 9.37. The van der Waals surface area contributed by atoms with Gasteiger partial charge >= 0.3 is 0 Å². The quantitative estimate of drug-likeness (QED) is 0.686. The summed E-state index contributed by atoms with van der Waals surface area (Å²) in [5, 5.41) is 2.91. The molecular formula is C20H29N3O3. The number of carbonyl (C=O) groups is 3. The number of nitrogens with zero attached hydrogens (tertiary/aromatic N) is 2. The molecule has 1 unspecified atom stereocenters. The normalized spacial score (nSPS) is 14.9. The van der Waals surface area contributed by atoms with Gasteiger partial charge in [0.05, 0.1) is 11.1 Å². The fourth-order valence-corrected chi connectivity index (χ4v) is 3.26. The van der Waals surface area contributed by atoms with E-state index in [2.05, 4.69) is 24.1 Å². The number of benzene rings is 1. The first kappa shape index (κ1) is 20.1. The Morgan fingerprint density at radius 1 is 1.08 bits per heavy atom. The zero-order valence-corrected chi connectivity index (χ0v) is 16.1. The summed E-state index contributed by atoms with van der Waals surface area (Å²) in [5.41, 5.74) is 0.754. The van der Waals surface area contributed by atoms with Gasteiger partial charge in [0.25, 0.3) is 11.8 Å². The summed E-state index contributed by atoms with van der Waals surface area (Å²) in [6.45, 7) is 11.2. The van der Waals surface area contributed by atoms with Gasteiger partial charge in [-0.3, -0.25) is 19.3 Å². The van der Waals surface area contributed by atoms with Crippen LogP contribution in [0.15, 0.2) is 24.3 Å². The lowest BCUT2D eigenvalue weighted by Crippen LogP contribution is -2.51. The minimum absolute atomic E-state index is 0.179. The lowest BCUT2D eigenvalue weighted by Gasteiger charge is -2.27. The number of fused-ring (bicyclic) bond motifs is 1. The summed E-state index contributed by atoms with van der Waals surface area (Å²) in [7, 11) is 0. The van der Waals surface area contributed by atoms with Gasteiger partial charge in [0.1, 0.15) is 6.04 Å². The second kappa shape index (κ2) is 8.94. The van der Waals surface area contributed by atoms with Gasteiger partial charge in [-0.1, -0.05) is 39.8 Å². The van der Waals surface area contributed by atoms with E-state index in [1.54, 1.807) is 24.3 Å². The smallest absolute Gasteiger partial charge is 0.262 e. The first-order chi connectivity index (χ1) is 12.4. The second-order valence-corrected chi connectivity index (χ2v) is 6.99. The van der Waals surface area contributed by atoms with Crippen molar-refractivity contribution >= 4 is 17.7 Å². The molecule has 1 atom stereocenters. The highest BCUT2D eigenvalue weighted by molar-refractivity contribution is 6.22. The molecule has 0 bridgehead atoms. The van der Waals surface area contributed by atoms with Crippen molar-refractivity contribution in [1.29, 1.82) is 0 Å². The summed E-state index contributed by atoms with van der Waals surface area (Å²) in [6.07, 6.45) is 0.447. The Bertz CT molecular complexity index is 633. The SMILES string of the molecule is CCN(CC)CCNC(=O)C(CC(C)C)N1C(=O)c2ccccc2C1=O. The molecule has 1 aliphatic rings. The van der Waals surface area contributed by atoms with E-state index >= 15 is 0 Å². The maximum absolute atomic E-state index is 12.8. The van der Waals surface area contributed by atoms with Crippen LogP contribution in [0.3, 0.4) is 0 Å². The van der Waals surface area contributed by atoms with Crippen molar-refractivity contribution in [2.45, 2.75) is 40.2 Å². The zero-order valence-electron chi connectivity index (χ0n) is 16.1. The Hall–Kier alpha value is -2.21. The molecule has 3 amide bonds. The third kappa shape index (κ3) is 4.30. The Morgan fingerprint density at radius 2 is 1.62 bits per heavy atom. The Morgan fingerprint density at radius 3 is 2.08 bits per heavy atom. The topological polar surface area (TPSA) is 69.7 Å². The van der Waals surface area contributed by atoms with Gasteiger partial charge in [-0.15, -0.1) is 0 Å². The van der Waals surface area contributed by atoms with Crippen LogP contribution in [-0.2, 0) is 4.79 Å². The summed E-state index contributed by atoms with van der Waals surface area (Å²) < 4.78 is 0. The molecular weight excluding hydrogens is 330 g/mol. The lowest BCUT2D eigenvalue weighted by molar-refractivity contribution is -0.125. The van der Waals surface area contributed by atoms with Gasteiger partial charge in [-0.2, -0.15) is 0 Å². The van der Waals surface area contributed by atoms with Crippen molar-refractivity contribution in [3.05, 3.63) is 35.4 Å². The summed E-state index contributed by atoms with van der Waals surface area (Å²) in [4.78, 5) is 41.6. The van der Waals surface area contributed by atoms with Crippen LogP contribution >= 0.6 is 0 Å². The van der Waals surface area contributed by atoms with Gasteiger partial charge in [0.15, 0.2) is 0 Å². The highest BCUT2D eigenvalue weighted by Gasteiger charge is 2.42. The van der Waals surface area contributed by atoms with Crippen molar-refractivity contribution < 1.29 is 14.4 Å². The number of amides is 3. The van der Waals surface area contributed by atoms with Crippen molar-refractivity contribution in [1.82, 2.24) is 15.1 Å². The molecule has 1 aromatic carbocycles. The highest BCUT2D eigenvalue weighted by Crippen LogP contribution is 2.26. The fourth-order valence-electron chi connectivity index (χ4n) is 3.26. The van der Waals surface area contributed by atoms with E-state index in [-0.39, 0.29) is 23.6 Å². The molecule has 0 fully saturated rings. The summed E-state index contributed by atoms with van der Waals surface area (Å²) in [6, 6.07) is 5.96. The Kier molecular flexibility index (Phi) is 6.91. The third-order valence-electron chi connectivity index (χ3n) is 4.76. The van der Waals surface area contributed by atoms with Crippen molar-refractivity contribution in [3.63, 3.8) is 0 Å². The Balaban J connectivity index is 2.14. The predicted molar refractivity (Wildman–Crippen MR) is 101 cm³/mol. The molecule has 0 saturated heterocycles. The summed E-state index contributed by atoms with van der Waals surface area (Å²) >= 11 is 0. The molecule has 0 aromatic heterocycles. The maximum atomic E-state index is 12.8. The van der Waals surface area contributed by atoms with Crippen molar-refractivity contribution in [2.24, 2.45) is 5.92 Å². The van der Waals surface area contributed by atoms with E-state index < -0.39 is 6.04 Å². The van der Waals surface area contributed by atoms with Gasteiger partial charge in [0, 0.05) is 13.1 Å². The monoisotopic (exact) mass is 359 g/mol. The van der Waals surface area contributed by atoms with Crippen LogP contribution in [0, 0.1) is 5.92 Å². The van der Waals surface area contributed by atoms with Crippen LogP contribution in [0.5, 0.6) is 0 Å². The lowest BCUT2D eigenvalue weighted by atomic mass is 10.0. The third-order valence-corrected chi connectivity index (χ3v) is 4.76. The minimum atomic E-state index is -0.779. The van der Waals surface area contributed by atoms with Gasteiger partial charge in [-0.05, 0) is 37.6 Å². The van der Waals surface area contributed by atoms with Crippen LogP contribution in [0.1, 0.15) is 54.8 Å². The molecule has 0 saturated carbocycles. The molecule has 2 rings (SSSR count). The van der Waals surface area contributed by atoms with Crippen LogP contribution in [0.4, 0.5) is 0 Å². The molecule has 26 heavy (non-hydrogen) atoms.